The molecule has 0 saturated carbocycles. The summed E-state index contributed by atoms with van der Waals surface area (Å²) < 4.78 is 4.89. The fourth-order valence-corrected chi connectivity index (χ4v) is 10.9. The second kappa shape index (κ2) is 14.7. The summed E-state index contributed by atoms with van der Waals surface area (Å²) in [4.78, 5) is 15.8. The second-order valence-corrected chi connectivity index (χ2v) is 17.4. The van der Waals surface area contributed by atoms with Crippen LogP contribution in [0.3, 0.4) is 0 Å². The first-order chi connectivity index (χ1) is 31.7. The third-order valence-corrected chi connectivity index (χ3v) is 13.8. The standard InChI is InChI=1S/C58H37N5S/c1-4-15-36(16-5-1)54-46-30-29-44-48-34-39(28-32-52(48)64-55(44)53(46)45-24-10-12-25-49(45)59-54)38-19-14-20-40(33-38)57-60-56(37-17-6-2-7-18-37)61-58(62-57)41-27-31-51-47(35-41)43-23-11-13-26-50(43)63(51)42-21-8-3-9-22-42/h1-35,57H,(H,60,61,62). The van der Waals surface area contributed by atoms with Gasteiger partial charge in [-0.1, -0.05) is 152 Å². The maximum absolute atomic E-state index is 5.36. The van der Waals surface area contributed by atoms with Crippen LogP contribution in [-0.4, -0.2) is 21.2 Å². The van der Waals surface area contributed by atoms with Gasteiger partial charge < -0.3 is 9.88 Å². The van der Waals surface area contributed by atoms with Crippen LogP contribution in [0.5, 0.6) is 0 Å². The highest BCUT2D eigenvalue weighted by atomic mass is 32.1. The van der Waals surface area contributed by atoms with E-state index in [4.69, 9.17) is 15.0 Å². The number of benzene rings is 9. The summed E-state index contributed by atoms with van der Waals surface area (Å²) >= 11 is 1.87. The molecule has 0 radical (unpaired) electrons. The number of fused-ring (bicyclic) bond motifs is 10. The minimum absolute atomic E-state index is 0.453. The molecule has 1 N–H and O–H groups in total. The zero-order valence-electron chi connectivity index (χ0n) is 34.5. The summed E-state index contributed by atoms with van der Waals surface area (Å²) in [6.45, 7) is 0. The fourth-order valence-electron chi connectivity index (χ4n) is 9.61. The average Bonchev–Trinajstić information content (AvgIpc) is 3.92. The maximum Gasteiger partial charge on any atom is 0.169 e. The van der Waals surface area contributed by atoms with E-state index in [0.29, 0.717) is 0 Å². The van der Waals surface area contributed by atoms with E-state index in [0.717, 1.165) is 67.5 Å². The molecule has 64 heavy (non-hydrogen) atoms. The van der Waals surface area contributed by atoms with E-state index < -0.39 is 6.17 Å². The number of rotatable bonds is 6. The number of para-hydroxylation sites is 3. The van der Waals surface area contributed by atoms with Gasteiger partial charge in [0.2, 0.25) is 0 Å². The number of nitrogens with zero attached hydrogens (tertiary/aromatic N) is 4. The minimum Gasteiger partial charge on any atom is -0.324 e. The number of hydrogen-bond acceptors (Lipinski definition) is 5. The van der Waals surface area contributed by atoms with Crippen molar-refractivity contribution in [2.24, 2.45) is 9.98 Å². The van der Waals surface area contributed by atoms with Crippen molar-refractivity contribution in [2.75, 3.05) is 0 Å². The van der Waals surface area contributed by atoms with Gasteiger partial charge in [0.15, 0.2) is 6.17 Å². The van der Waals surface area contributed by atoms with Crippen molar-refractivity contribution < 1.29 is 0 Å². The predicted octanol–water partition coefficient (Wildman–Crippen LogP) is 14.7. The van der Waals surface area contributed by atoms with Crippen LogP contribution >= 0.6 is 11.3 Å². The van der Waals surface area contributed by atoms with Gasteiger partial charge in [0.05, 0.1) is 22.2 Å². The highest BCUT2D eigenvalue weighted by molar-refractivity contribution is 7.26. The van der Waals surface area contributed by atoms with Gasteiger partial charge in [-0.05, 0) is 77.4 Å². The number of hydrogen-bond donors (Lipinski definition) is 1. The van der Waals surface area contributed by atoms with Crippen molar-refractivity contribution in [3.8, 4) is 28.1 Å². The molecule has 0 spiro atoms. The first-order valence-corrected chi connectivity index (χ1v) is 22.4. The first-order valence-electron chi connectivity index (χ1n) is 21.6. The number of aromatic nitrogens is 2. The summed E-state index contributed by atoms with van der Waals surface area (Å²) in [6, 6.07) is 75.5. The summed E-state index contributed by atoms with van der Waals surface area (Å²) in [6.07, 6.45) is -0.453. The molecule has 1 aliphatic heterocycles. The van der Waals surface area contributed by atoms with E-state index in [1.165, 1.54) is 52.6 Å². The molecule has 3 aromatic heterocycles. The van der Waals surface area contributed by atoms with E-state index in [2.05, 4.69) is 216 Å². The summed E-state index contributed by atoms with van der Waals surface area (Å²) in [5, 5.41) is 12.1. The molecule has 0 amide bonds. The molecule has 5 nitrogen and oxygen atoms in total. The van der Waals surface area contributed by atoms with Gasteiger partial charge in [-0.3, -0.25) is 0 Å². The number of thiophene rings is 1. The van der Waals surface area contributed by atoms with Crippen LogP contribution in [0.2, 0.25) is 0 Å². The summed E-state index contributed by atoms with van der Waals surface area (Å²) in [5.74, 6) is 1.59. The van der Waals surface area contributed by atoms with Crippen LogP contribution in [0.4, 0.5) is 0 Å². The molecule has 0 aliphatic carbocycles. The zero-order chi connectivity index (χ0) is 42.1. The van der Waals surface area contributed by atoms with Crippen molar-refractivity contribution in [3.63, 3.8) is 0 Å². The first kappa shape index (κ1) is 36.5. The normalized spacial score (nSPS) is 14.1. The van der Waals surface area contributed by atoms with Crippen LogP contribution in [-0.2, 0) is 0 Å². The number of aliphatic imine (C=N–C) groups is 2. The van der Waals surface area contributed by atoms with E-state index in [-0.39, 0.29) is 0 Å². The van der Waals surface area contributed by atoms with Crippen molar-refractivity contribution >= 4 is 86.7 Å². The minimum atomic E-state index is -0.453. The Kier molecular flexibility index (Phi) is 8.39. The van der Waals surface area contributed by atoms with Crippen LogP contribution in [0.15, 0.2) is 222 Å². The van der Waals surface area contributed by atoms with Gasteiger partial charge in [-0.15, -0.1) is 11.3 Å². The smallest absolute Gasteiger partial charge is 0.169 e. The lowest BCUT2D eigenvalue weighted by Crippen LogP contribution is -2.36. The lowest BCUT2D eigenvalue weighted by Gasteiger charge is -2.23. The Morgan fingerprint density at radius 3 is 1.88 bits per heavy atom. The van der Waals surface area contributed by atoms with Gasteiger partial charge >= 0.3 is 0 Å². The summed E-state index contributed by atoms with van der Waals surface area (Å²) in [7, 11) is 0. The van der Waals surface area contributed by atoms with Crippen LogP contribution in [0, 0.1) is 0 Å². The third-order valence-electron chi connectivity index (χ3n) is 12.6. The molecular formula is C58H37N5S. The monoisotopic (exact) mass is 835 g/mol. The molecule has 12 aromatic rings. The SMILES string of the molecule is c1ccc(C2=NC(c3cccc(-c4ccc5sc6c(ccc7c(-c8ccccc8)nc8ccccc8c76)c5c4)c3)N=C(c3ccc4c(c3)c3ccccc3n4-c3ccccc3)N2)cc1. The Hall–Kier alpha value is -8.19. The van der Waals surface area contributed by atoms with Gasteiger partial charge in [0, 0.05) is 69.5 Å². The van der Waals surface area contributed by atoms with Crippen molar-refractivity contribution in [2.45, 2.75) is 6.17 Å². The number of nitrogens with one attached hydrogen (secondary N) is 1. The number of amidine groups is 2. The maximum atomic E-state index is 5.36. The van der Waals surface area contributed by atoms with Crippen molar-refractivity contribution in [3.05, 3.63) is 229 Å². The second-order valence-electron chi connectivity index (χ2n) is 16.4. The highest BCUT2D eigenvalue weighted by Gasteiger charge is 2.23. The van der Waals surface area contributed by atoms with Crippen LogP contribution in [0.1, 0.15) is 22.9 Å². The topological polar surface area (TPSA) is 54.6 Å². The average molecular weight is 836 g/mol. The highest BCUT2D eigenvalue weighted by Crippen LogP contribution is 2.44. The Labute approximate surface area is 373 Å². The largest absolute Gasteiger partial charge is 0.324 e. The summed E-state index contributed by atoms with van der Waals surface area (Å²) in [5.41, 5.74) is 11.9. The quantitative estimate of drug-likeness (QED) is 0.170. The lowest BCUT2D eigenvalue weighted by atomic mass is 9.97. The molecule has 13 rings (SSSR count). The van der Waals surface area contributed by atoms with Crippen molar-refractivity contribution in [1.82, 2.24) is 14.9 Å². The lowest BCUT2D eigenvalue weighted by molar-refractivity contribution is 0.756. The molecule has 1 unspecified atom stereocenters. The molecule has 0 bridgehead atoms. The molecular weight excluding hydrogens is 799 g/mol. The van der Waals surface area contributed by atoms with E-state index in [1.807, 2.05) is 17.4 Å². The predicted molar refractivity (Wildman–Crippen MR) is 269 cm³/mol. The van der Waals surface area contributed by atoms with Crippen LogP contribution in [0.25, 0.3) is 91.7 Å². The molecule has 300 valence electrons. The molecule has 4 heterocycles. The fraction of sp³-hybridized carbons (Fsp3) is 0.0172. The van der Waals surface area contributed by atoms with E-state index in [9.17, 15) is 0 Å². The van der Waals surface area contributed by atoms with E-state index in [1.54, 1.807) is 0 Å². The Bertz CT molecular complexity index is 3870. The van der Waals surface area contributed by atoms with Crippen LogP contribution < -0.4 is 5.32 Å². The Morgan fingerprint density at radius 2 is 1.05 bits per heavy atom. The van der Waals surface area contributed by atoms with Gasteiger partial charge in [-0.2, -0.15) is 0 Å². The molecule has 1 aliphatic rings. The Morgan fingerprint density at radius 1 is 0.422 bits per heavy atom. The van der Waals surface area contributed by atoms with Crippen molar-refractivity contribution in [1.29, 1.82) is 0 Å². The van der Waals surface area contributed by atoms with Gasteiger partial charge in [0.1, 0.15) is 11.7 Å². The molecule has 6 heteroatoms. The zero-order valence-corrected chi connectivity index (χ0v) is 35.3. The molecule has 0 fully saturated rings. The molecule has 9 aromatic carbocycles. The number of pyridine rings is 1. The molecule has 1 atom stereocenters. The van der Waals surface area contributed by atoms with Gasteiger partial charge in [-0.25, -0.2) is 15.0 Å². The Balaban J connectivity index is 0.924. The molecule has 0 saturated heterocycles. The van der Waals surface area contributed by atoms with E-state index >= 15 is 0 Å². The van der Waals surface area contributed by atoms with Gasteiger partial charge in [0.25, 0.3) is 0 Å². The third kappa shape index (κ3) is 5.95.